The summed E-state index contributed by atoms with van der Waals surface area (Å²) < 4.78 is 2.52. The number of aromatic nitrogens is 2. The van der Waals surface area contributed by atoms with Gasteiger partial charge in [0.1, 0.15) is 11.7 Å². The first-order valence-corrected chi connectivity index (χ1v) is 12.2. The highest BCUT2D eigenvalue weighted by molar-refractivity contribution is 9.10. The normalized spacial score (nSPS) is 11.4. The summed E-state index contributed by atoms with van der Waals surface area (Å²) in [7, 11) is 1.55. The zero-order chi connectivity index (χ0) is 25.5. The number of carbonyl (C=O) groups is 2. The number of benzene rings is 3. The van der Waals surface area contributed by atoms with E-state index in [0.29, 0.717) is 29.9 Å². The van der Waals surface area contributed by atoms with E-state index in [-0.39, 0.29) is 5.91 Å². The van der Waals surface area contributed by atoms with E-state index in [4.69, 9.17) is 10.4 Å². The quantitative estimate of drug-likeness (QED) is 0.347. The van der Waals surface area contributed by atoms with Gasteiger partial charge in [0.05, 0.1) is 23.9 Å². The van der Waals surface area contributed by atoms with Crippen LogP contribution < -0.4 is 10.6 Å². The van der Waals surface area contributed by atoms with Crippen molar-refractivity contribution in [2.75, 3.05) is 7.05 Å². The van der Waals surface area contributed by atoms with Gasteiger partial charge in [0, 0.05) is 23.5 Å². The van der Waals surface area contributed by atoms with Crippen LogP contribution in [0.3, 0.4) is 0 Å². The van der Waals surface area contributed by atoms with Crippen LogP contribution in [0.15, 0.2) is 89.4 Å². The van der Waals surface area contributed by atoms with E-state index in [2.05, 4.69) is 32.6 Å². The van der Waals surface area contributed by atoms with Crippen molar-refractivity contribution in [3.05, 3.63) is 112 Å². The molecule has 2 N–H and O–H groups in total. The molecule has 7 nitrogen and oxygen atoms in total. The fourth-order valence-electron chi connectivity index (χ4n) is 3.84. The molecule has 0 aliphatic carbocycles. The molecule has 2 amide bonds. The average molecular weight is 542 g/mol. The topological polar surface area (TPSA) is 99.8 Å². The number of hydrogen-bond acceptors (Lipinski definition) is 4. The second-order valence-corrected chi connectivity index (χ2v) is 9.14. The van der Waals surface area contributed by atoms with E-state index in [1.807, 2.05) is 66.7 Å². The van der Waals surface area contributed by atoms with Gasteiger partial charge in [-0.05, 0) is 41.5 Å². The van der Waals surface area contributed by atoms with Crippen molar-refractivity contribution in [2.45, 2.75) is 19.0 Å². The Bertz CT molecular complexity index is 1410. The summed E-state index contributed by atoms with van der Waals surface area (Å²) >= 11 is 3.45. The van der Waals surface area contributed by atoms with Crippen LogP contribution in [0.4, 0.5) is 0 Å². The number of rotatable bonds is 8. The monoisotopic (exact) mass is 541 g/mol. The number of hydrogen-bond donors (Lipinski definition) is 2. The second-order valence-electron chi connectivity index (χ2n) is 8.22. The largest absolute Gasteiger partial charge is 0.357 e. The third kappa shape index (κ3) is 6.06. The fourth-order valence-corrected chi connectivity index (χ4v) is 4.29. The third-order valence-corrected chi connectivity index (χ3v) is 6.19. The second kappa shape index (κ2) is 11.5. The summed E-state index contributed by atoms with van der Waals surface area (Å²) in [6.45, 7) is 0.331. The molecule has 180 valence electrons. The lowest BCUT2D eigenvalue weighted by Crippen LogP contribution is -2.47. The number of halogens is 1. The van der Waals surface area contributed by atoms with E-state index in [1.165, 1.54) is 0 Å². The van der Waals surface area contributed by atoms with E-state index in [0.717, 1.165) is 21.2 Å². The molecule has 0 saturated heterocycles. The van der Waals surface area contributed by atoms with Crippen LogP contribution in [0.5, 0.6) is 0 Å². The molecule has 0 fully saturated rings. The molecule has 0 radical (unpaired) electrons. The third-order valence-electron chi connectivity index (χ3n) is 5.69. The summed E-state index contributed by atoms with van der Waals surface area (Å²) in [5, 5.41) is 19.3. The SMILES string of the molecule is CNC(=O)C(Cc1cccc(Br)c1)NC(=O)c1cc(-c2ccccc2)nn1Cc1ccc(C#N)cc1. The van der Waals surface area contributed by atoms with Crippen LogP contribution in [0.25, 0.3) is 11.3 Å². The molecule has 3 aromatic carbocycles. The number of nitrogens with one attached hydrogen (secondary N) is 2. The first kappa shape index (κ1) is 24.9. The van der Waals surface area contributed by atoms with Gasteiger partial charge in [-0.3, -0.25) is 14.3 Å². The van der Waals surface area contributed by atoms with Gasteiger partial charge >= 0.3 is 0 Å². The molecule has 8 heteroatoms. The molecule has 1 atom stereocenters. The Morgan fingerprint density at radius 1 is 1.00 bits per heavy atom. The van der Waals surface area contributed by atoms with Crippen molar-refractivity contribution >= 4 is 27.7 Å². The molecule has 1 unspecified atom stereocenters. The summed E-state index contributed by atoms with van der Waals surface area (Å²) in [5.74, 6) is -0.688. The molecule has 1 heterocycles. The lowest BCUT2D eigenvalue weighted by atomic mass is 10.0. The van der Waals surface area contributed by atoms with Crippen LogP contribution in [0.2, 0.25) is 0 Å². The maximum absolute atomic E-state index is 13.5. The van der Waals surface area contributed by atoms with E-state index < -0.39 is 11.9 Å². The van der Waals surface area contributed by atoms with Gasteiger partial charge in [0.15, 0.2) is 0 Å². The van der Waals surface area contributed by atoms with Crippen molar-refractivity contribution in [1.82, 2.24) is 20.4 Å². The molecular weight excluding hydrogens is 518 g/mol. The molecule has 0 spiro atoms. The highest BCUT2D eigenvalue weighted by Gasteiger charge is 2.24. The maximum Gasteiger partial charge on any atom is 0.270 e. The Kier molecular flexibility index (Phi) is 7.93. The van der Waals surface area contributed by atoms with Gasteiger partial charge in [-0.25, -0.2) is 0 Å². The van der Waals surface area contributed by atoms with E-state index >= 15 is 0 Å². The minimum atomic E-state index is -0.768. The van der Waals surface area contributed by atoms with Gasteiger partial charge in [-0.1, -0.05) is 70.5 Å². The van der Waals surface area contributed by atoms with Gasteiger partial charge in [-0.15, -0.1) is 0 Å². The van der Waals surface area contributed by atoms with Gasteiger partial charge in [0.2, 0.25) is 5.91 Å². The lowest BCUT2D eigenvalue weighted by Gasteiger charge is -2.18. The van der Waals surface area contributed by atoms with Crippen molar-refractivity contribution in [3.63, 3.8) is 0 Å². The predicted molar refractivity (Wildman–Crippen MR) is 141 cm³/mol. The molecule has 1 aromatic heterocycles. The maximum atomic E-state index is 13.5. The highest BCUT2D eigenvalue weighted by Crippen LogP contribution is 2.20. The van der Waals surface area contributed by atoms with Gasteiger partial charge in [0.25, 0.3) is 5.91 Å². The van der Waals surface area contributed by atoms with Crippen LogP contribution in [0, 0.1) is 11.3 Å². The van der Waals surface area contributed by atoms with Crippen LogP contribution in [-0.2, 0) is 17.8 Å². The molecule has 0 bridgehead atoms. The molecule has 0 aliphatic rings. The number of nitriles is 1. The Morgan fingerprint density at radius 3 is 2.42 bits per heavy atom. The first-order chi connectivity index (χ1) is 17.5. The number of amides is 2. The lowest BCUT2D eigenvalue weighted by molar-refractivity contribution is -0.122. The van der Waals surface area contributed by atoms with Gasteiger partial charge in [-0.2, -0.15) is 10.4 Å². The smallest absolute Gasteiger partial charge is 0.270 e. The molecule has 36 heavy (non-hydrogen) atoms. The van der Waals surface area contributed by atoms with Crippen molar-refractivity contribution in [1.29, 1.82) is 5.26 Å². The summed E-state index contributed by atoms with van der Waals surface area (Å²) in [4.78, 5) is 26.1. The molecule has 0 saturated carbocycles. The minimum Gasteiger partial charge on any atom is -0.357 e. The van der Waals surface area contributed by atoms with Crippen LogP contribution in [-0.4, -0.2) is 34.7 Å². The van der Waals surface area contributed by atoms with Crippen molar-refractivity contribution in [3.8, 4) is 17.3 Å². The standard InChI is InChI=1S/C28H24BrN5O2/c1-31-27(35)25(15-21-6-5-9-23(29)14-21)32-28(36)26-16-24(22-7-3-2-4-8-22)33-34(26)18-20-12-10-19(17-30)11-13-20/h2-14,16,25H,15,18H2,1H3,(H,31,35)(H,32,36). The Labute approximate surface area is 217 Å². The number of likely N-dealkylation sites (N-methyl/N-ethyl adjacent to an activating group) is 1. The Morgan fingerprint density at radius 2 is 1.75 bits per heavy atom. The molecule has 4 rings (SSSR count). The summed E-state index contributed by atoms with van der Waals surface area (Å²) in [6.07, 6.45) is 0.333. The number of nitrogens with zero attached hydrogens (tertiary/aromatic N) is 3. The molecular formula is C28H24BrN5O2. The number of carbonyl (C=O) groups excluding carboxylic acids is 2. The predicted octanol–water partition coefficient (Wildman–Crippen LogP) is 4.32. The van der Waals surface area contributed by atoms with Crippen LogP contribution >= 0.6 is 15.9 Å². The van der Waals surface area contributed by atoms with Crippen LogP contribution in [0.1, 0.15) is 27.2 Å². The summed E-state index contributed by atoms with van der Waals surface area (Å²) in [6, 6.07) is 27.4. The van der Waals surface area contributed by atoms with Gasteiger partial charge < -0.3 is 10.6 Å². The fraction of sp³-hybridized carbons (Fsp3) is 0.143. The Balaban J connectivity index is 1.65. The molecule has 4 aromatic rings. The average Bonchev–Trinajstić information content (AvgIpc) is 3.32. The zero-order valence-electron chi connectivity index (χ0n) is 19.6. The minimum absolute atomic E-state index is 0.287. The highest BCUT2D eigenvalue weighted by atomic mass is 79.9. The summed E-state index contributed by atoms with van der Waals surface area (Å²) in [5.41, 5.74) is 4.22. The Hall–Kier alpha value is -4.22. The molecule has 0 aliphatic heterocycles. The zero-order valence-corrected chi connectivity index (χ0v) is 21.2. The van der Waals surface area contributed by atoms with Crippen molar-refractivity contribution in [2.24, 2.45) is 0 Å². The van der Waals surface area contributed by atoms with E-state index in [9.17, 15) is 9.59 Å². The van der Waals surface area contributed by atoms with Crippen molar-refractivity contribution < 1.29 is 9.59 Å². The first-order valence-electron chi connectivity index (χ1n) is 11.4. The van der Waals surface area contributed by atoms with E-state index in [1.54, 1.807) is 29.9 Å².